The van der Waals surface area contributed by atoms with E-state index in [9.17, 15) is 9.59 Å². The maximum Gasteiger partial charge on any atom is 0.291 e. The number of nitrogens with zero attached hydrogens (tertiary/aromatic N) is 1. The molecule has 2 atom stereocenters. The van der Waals surface area contributed by atoms with Crippen LogP contribution in [0.1, 0.15) is 17.0 Å². The molecule has 0 spiro atoms. The highest BCUT2D eigenvalue weighted by Gasteiger charge is 2.40. The lowest BCUT2D eigenvalue weighted by Gasteiger charge is -2.20. The van der Waals surface area contributed by atoms with Crippen molar-refractivity contribution in [2.24, 2.45) is 5.73 Å². The average molecular weight is 317 g/mol. The van der Waals surface area contributed by atoms with Gasteiger partial charge in [0.25, 0.3) is 5.91 Å². The Balaban J connectivity index is 2.23. The Kier molecular flexibility index (Phi) is 3.72. The second kappa shape index (κ2) is 5.11. The van der Waals surface area contributed by atoms with Crippen molar-refractivity contribution < 1.29 is 18.7 Å². The molecule has 7 heteroatoms. The summed E-state index contributed by atoms with van der Waals surface area (Å²) < 4.78 is 10.8. The third-order valence-corrected chi connectivity index (χ3v) is 3.62. The molecule has 0 radical (unpaired) electrons. The van der Waals surface area contributed by atoms with Gasteiger partial charge in [0.1, 0.15) is 6.04 Å². The van der Waals surface area contributed by atoms with Crippen molar-refractivity contribution >= 4 is 27.7 Å². The minimum Gasteiger partial charge on any atom is -0.458 e. The third-order valence-electron chi connectivity index (χ3n) is 3.00. The van der Waals surface area contributed by atoms with Crippen LogP contribution in [0.15, 0.2) is 21.2 Å². The molecule has 0 aliphatic carbocycles. The van der Waals surface area contributed by atoms with Crippen LogP contribution in [0.4, 0.5) is 0 Å². The molecule has 1 aliphatic heterocycles. The van der Waals surface area contributed by atoms with Gasteiger partial charge in [-0.1, -0.05) is 0 Å². The third kappa shape index (κ3) is 2.28. The SMILES string of the molecule is CO[C@H]1C[C@@H](C(N)=O)N(C(=O)c2occc2Br)C1. The first-order valence-electron chi connectivity index (χ1n) is 5.40. The van der Waals surface area contributed by atoms with Crippen molar-refractivity contribution in [3.05, 3.63) is 22.6 Å². The summed E-state index contributed by atoms with van der Waals surface area (Å²) in [6.07, 6.45) is 1.64. The summed E-state index contributed by atoms with van der Waals surface area (Å²) in [4.78, 5) is 25.0. The molecule has 0 saturated carbocycles. The Morgan fingerprint density at radius 1 is 1.61 bits per heavy atom. The second-order valence-corrected chi connectivity index (χ2v) is 4.92. The molecule has 2 heterocycles. The van der Waals surface area contributed by atoms with Crippen LogP contribution in [0, 0.1) is 0 Å². The number of ether oxygens (including phenoxy) is 1. The topological polar surface area (TPSA) is 85.8 Å². The minimum absolute atomic E-state index is 0.165. The van der Waals surface area contributed by atoms with E-state index in [1.807, 2.05) is 0 Å². The van der Waals surface area contributed by atoms with E-state index in [1.54, 1.807) is 13.2 Å². The predicted octanol–water partition coefficient (Wildman–Crippen LogP) is 0.757. The largest absolute Gasteiger partial charge is 0.458 e. The number of rotatable bonds is 3. The monoisotopic (exact) mass is 316 g/mol. The van der Waals surface area contributed by atoms with E-state index in [2.05, 4.69) is 15.9 Å². The number of primary amides is 1. The summed E-state index contributed by atoms with van der Waals surface area (Å²) in [6, 6.07) is 0.968. The van der Waals surface area contributed by atoms with E-state index in [1.165, 1.54) is 11.2 Å². The zero-order chi connectivity index (χ0) is 13.3. The molecular weight excluding hydrogens is 304 g/mol. The summed E-state index contributed by atoms with van der Waals surface area (Å²) >= 11 is 3.21. The van der Waals surface area contributed by atoms with Gasteiger partial charge in [0.15, 0.2) is 0 Å². The summed E-state index contributed by atoms with van der Waals surface area (Å²) in [5.74, 6) is -0.737. The second-order valence-electron chi connectivity index (χ2n) is 4.07. The molecule has 18 heavy (non-hydrogen) atoms. The molecule has 2 N–H and O–H groups in total. The molecule has 1 saturated heterocycles. The lowest BCUT2D eigenvalue weighted by atomic mass is 10.2. The van der Waals surface area contributed by atoms with E-state index in [4.69, 9.17) is 14.9 Å². The van der Waals surface area contributed by atoms with E-state index in [-0.39, 0.29) is 17.8 Å². The van der Waals surface area contributed by atoms with Crippen LogP contribution >= 0.6 is 15.9 Å². The van der Waals surface area contributed by atoms with Crippen molar-refractivity contribution in [2.45, 2.75) is 18.6 Å². The normalized spacial score (nSPS) is 23.3. The smallest absolute Gasteiger partial charge is 0.291 e. The van der Waals surface area contributed by atoms with Crippen LogP contribution in [0.3, 0.4) is 0 Å². The molecule has 1 aliphatic rings. The first kappa shape index (κ1) is 13.1. The van der Waals surface area contributed by atoms with E-state index in [0.29, 0.717) is 17.4 Å². The maximum absolute atomic E-state index is 12.2. The number of hydrogen-bond acceptors (Lipinski definition) is 4. The molecule has 2 rings (SSSR count). The Bertz CT molecular complexity index is 473. The maximum atomic E-state index is 12.2. The fourth-order valence-electron chi connectivity index (χ4n) is 2.04. The zero-order valence-electron chi connectivity index (χ0n) is 9.76. The van der Waals surface area contributed by atoms with Gasteiger partial charge in [0, 0.05) is 20.1 Å². The Labute approximate surface area is 112 Å². The number of nitrogens with two attached hydrogens (primary N) is 1. The first-order chi connectivity index (χ1) is 8.54. The number of halogens is 1. The summed E-state index contributed by atoms with van der Waals surface area (Å²) in [6.45, 7) is 0.329. The van der Waals surface area contributed by atoms with Crippen LogP contribution in [-0.4, -0.2) is 42.5 Å². The molecule has 1 aromatic heterocycles. The number of carbonyl (C=O) groups is 2. The van der Waals surface area contributed by atoms with E-state index in [0.717, 1.165) is 0 Å². The van der Waals surface area contributed by atoms with Crippen molar-refractivity contribution in [3.63, 3.8) is 0 Å². The highest BCUT2D eigenvalue weighted by atomic mass is 79.9. The van der Waals surface area contributed by atoms with Crippen LogP contribution in [0.25, 0.3) is 0 Å². The lowest BCUT2D eigenvalue weighted by molar-refractivity contribution is -0.121. The van der Waals surface area contributed by atoms with Gasteiger partial charge in [-0.25, -0.2) is 0 Å². The van der Waals surface area contributed by atoms with Crippen LogP contribution in [0.5, 0.6) is 0 Å². The van der Waals surface area contributed by atoms with Gasteiger partial charge in [-0.2, -0.15) is 0 Å². The number of likely N-dealkylation sites (tertiary alicyclic amines) is 1. The number of methoxy groups -OCH3 is 1. The molecule has 0 aromatic carbocycles. The standard InChI is InChI=1S/C11H13BrN2O4/c1-17-6-4-8(10(13)15)14(5-6)11(16)9-7(12)2-3-18-9/h2-3,6,8H,4-5H2,1H3,(H2,13,15)/t6-,8-/m0/s1. The van der Waals surface area contributed by atoms with Gasteiger partial charge in [0.05, 0.1) is 16.8 Å². The van der Waals surface area contributed by atoms with E-state index >= 15 is 0 Å². The fraction of sp³-hybridized carbons (Fsp3) is 0.455. The zero-order valence-corrected chi connectivity index (χ0v) is 11.3. The molecule has 0 unspecified atom stereocenters. The molecule has 1 fully saturated rings. The number of carbonyl (C=O) groups excluding carboxylic acids is 2. The summed E-state index contributed by atoms with van der Waals surface area (Å²) in [5.41, 5.74) is 5.30. The Hall–Kier alpha value is -1.34. The highest BCUT2D eigenvalue weighted by Crippen LogP contribution is 2.25. The van der Waals surface area contributed by atoms with Crippen molar-refractivity contribution in [1.29, 1.82) is 0 Å². The van der Waals surface area contributed by atoms with Gasteiger partial charge in [-0.15, -0.1) is 0 Å². The minimum atomic E-state index is -0.653. The molecule has 6 nitrogen and oxygen atoms in total. The molecule has 1 aromatic rings. The quantitative estimate of drug-likeness (QED) is 0.892. The van der Waals surface area contributed by atoms with Crippen molar-refractivity contribution in [3.8, 4) is 0 Å². The highest BCUT2D eigenvalue weighted by molar-refractivity contribution is 9.10. The van der Waals surface area contributed by atoms with Gasteiger partial charge in [-0.3, -0.25) is 9.59 Å². The molecule has 98 valence electrons. The Morgan fingerprint density at radius 2 is 2.33 bits per heavy atom. The van der Waals surface area contributed by atoms with Crippen LogP contribution < -0.4 is 5.73 Å². The van der Waals surface area contributed by atoms with Crippen molar-refractivity contribution in [2.75, 3.05) is 13.7 Å². The number of hydrogen-bond donors (Lipinski definition) is 1. The number of amides is 2. The molecule has 0 bridgehead atoms. The predicted molar refractivity (Wildman–Crippen MR) is 65.8 cm³/mol. The van der Waals surface area contributed by atoms with Gasteiger partial charge < -0.3 is 19.8 Å². The van der Waals surface area contributed by atoms with Gasteiger partial charge >= 0.3 is 0 Å². The first-order valence-corrected chi connectivity index (χ1v) is 6.20. The van der Waals surface area contributed by atoms with Crippen LogP contribution in [0.2, 0.25) is 0 Å². The fourth-order valence-corrected chi connectivity index (χ4v) is 2.41. The lowest BCUT2D eigenvalue weighted by Crippen LogP contribution is -2.43. The van der Waals surface area contributed by atoms with E-state index < -0.39 is 11.9 Å². The average Bonchev–Trinajstić information content (AvgIpc) is 2.93. The number of furan rings is 1. The van der Waals surface area contributed by atoms with Gasteiger partial charge in [0.2, 0.25) is 11.7 Å². The Morgan fingerprint density at radius 3 is 2.83 bits per heavy atom. The van der Waals surface area contributed by atoms with Gasteiger partial charge in [-0.05, 0) is 22.0 Å². The molecule has 2 amide bonds. The molecular formula is C11H13BrN2O4. The summed E-state index contributed by atoms with van der Waals surface area (Å²) in [7, 11) is 1.54. The van der Waals surface area contributed by atoms with Crippen LogP contribution in [-0.2, 0) is 9.53 Å². The summed E-state index contributed by atoms with van der Waals surface area (Å²) in [5, 5.41) is 0. The van der Waals surface area contributed by atoms with Crippen molar-refractivity contribution in [1.82, 2.24) is 4.90 Å².